The molecule has 1 aromatic heterocycles. The van der Waals surface area contributed by atoms with E-state index in [1.165, 1.54) is 0 Å². The predicted molar refractivity (Wildman–Crippen MR) is 45.3 cm³/mol. The lowest BCUT2D eigenvalue weighted by molar-refractivity contribution is -0.274. The largest absolute Gasteiger partial charge is 0.573 e. The van der Waals surface area contributed by atoms with Gasteiger partial charge < -0.3 is 10.5 Å². The molecule has 90 valence electrons. The molecule has 1 heterocycles. The van der Waals surface area contributed by atoms with Crippen LogP contribution in [0.1, 0.15) is 12.1 Å². The average molecular weight is 263 g/mol. The van der Waals surface area contributed by atoms with Gasteiger partial charge in [0.2, 0.25) is 0 Å². The number of nitrogen functional groups attached to an aromatic ring is 1. The third-order valence-corrected chi connectivity index (χ3v) is 1.70. The molecule has 1 rings (SSSR count). The molecule has 0 saturated heterocycles. The summed E-state index contributed by atoms with van der Waals surface area (Å²) in [6.07, 6.45) is -8.01. The minimum atomic E-state index is -5.02. The number of alkyl halides is 5. The van der Waals surface area contributed by atoms with Gasteiger partial charge in [-0.2, -0.15) is 0 Å². The lowest BCUT2D eigenvalue weighted by Crippen LogP contribution is -2.19. The third kappa shape index (κ3) is 3.09. The fourth-order valence-electron chi connectivity index (χ4n) is 0.868. The number of nitrogens with two attached hydrogens (primary N) is 1. The normalized spacial score (nSPS) is 11.9. The van der Waals surface area contributed by atoms with Crippen molar-refractivity contribution in [1.82, 2.24) is 4.98 Å². The van der Waals surface area contributed by atoms with E-state index >= 15 is 0 Å². The predicted octanol–water partition coefficient (Wildman–Crippen LogP) is 3.15. The lowest BCUT2D eigenvalue weighted by atomic mass is 10.3. The van der Waals surface area contributed by atoms with Crippen LogP contribution in [0, 0.1) is 0 Å². The van der Waals surface area contributed by atoms with Crippen LogP contribution in [0.25, 0.3) is 0 Å². The van der Waals surface area contributed by atoms with Crippen molar-refractivity contribution in [3.8, 4) is 5.75 Å². The molecule has 0 bridgehead atoms. The second-order valence-electron chi connectivity index (χ2n) is 2.59. The maximum absolute atomic E-state index is 12.2. The maximum Gasteiger partial charge on any atom is 0.573 e. The van der Waals surface area contributed by atoms with E-state index in [4.69, 9.17) is 17.3 Å². The zero-order valence-electron chi connectivity index (χ0n) is 7.36. The van der Waals surface area contributed by atoms with E-state index in [9.17, 15) is 22.0 Å². The maximum atomic E-state index is 12.2. The molecule has 0 fully saturated rings. The van der Waals surface area contributed by atoms with Crippen LogP contribution in [0.5, 0.6) is 5.75 Å². The highest BCUT2D eigenvalue weighted by molar-refractivity contribution is 6.32. The summed E-state index contributed by atoms with van der Waals surface area (Å²) < 4.78 is 63.3. The number of rotatable bonds is 2. The highest BCUT2D eigenvalue weighted by Crippen LogP contribution is 2.36. The van der Waals surface area contributed by atoms with Crippen molar-refractivity contribution >= 4 is 17.4 Å². The van der Waals surface area contributed by atoms with E-state index in [1.54, 1.807) is 0 Å². The van der Waals surface area contributed by atoms with Gasteiger partial charge >= 0.3 is 6.36 Å². The van der Waals surface area contributed by atoms with Gasteiger partial charge in [-0.3, -0.25) is 0 Å². The fourth-order valence-corrected chi connectivity index (χ4v) is 1.12. The minimum absolute atomic E-state index is 0.559. The van der Waals surface area contributed by atoms with Gasteiger partial charge in [0, 0.05) is 0 Å². The van der Waals surface area contributed by atoms with E-state index in [2.05, 4.69) is 9.72 Å². The summed E-state index contributed by atoms with van der Waals surface area (Å²) >= 11 is 5.31. The molecule has 0 saturated carbocycles. The first-order chi connectivity index (χ1) is 7.20. The van der Waals surface area contributed by atoms with Crippen molar-refractivity contribution in [2.45, 2.75) is 12.8 Å². The SMILES string of the molecule is Nc1nc(C(F)F)cc(Cl)c1OC(F)(F)F. The number of aromatic nitrogens is 1. The molecule has 3 nitrogen and oxygen atoms in total. The van der Waals surface area contributed by atoms with E-state index in [1.807, 2.05) is 0 Å². The summed E-state index contributed by atoms with van der Waals surface area (Å²) in [5.74, 6) is -1.83. The van der Waals surface area contributed by atoms with Crippen LogP contribution in [0.3, 0.4) is 0 Å². The number of ether oxygens (including phenoxy) is 1. The van der Waals surface area contributed by atoms with Crippen LogP contribution in [-0.2, 0) is 0 Å². The van der Waals surface area contributed by atoms with Gasteiger partial charge in [-0.25, -0.2) is 13.8 Å². The zero-order valence-corrected chi connectivity index (χ0v) is 8.11. The molecule has 16 heavy (non-hydrogen) atoms. The number of hydrogen-bond acceptors (Lipinski definition) is 3. The van der Waals surface area contributed by atoms with Crippen molar-refractivity contribution in [1.29, 1.82) is 0 Å². The summed E-state index contributed by atoms with van der Waals surface area (Å²) in [5.41, 5.74) is 4.19. The highest BCUT2D eigenvalue weighted by Gasteiger charge is 2.33. The molecule has 0 radical (unpaired) electrons. The molecule has 0 unspecified atom stereocenters. The Hall–Kier alpha value is -1.31. The Morgan fingerprint density at radius 3 is 2.31 bits per heavy atom. The van der Waals surface area contributed by atoms with Gasteiger partial charge in [-0.15, -0.1) is 13.2 Å². The molecule has 1 aromatic rings. The number of halogens is 6. The topological polar surface area (TPSA) is 48.1 Å². The first-order valence-corrected chi connectivity index (χ1v) is 4.08. The average Bonchev–Trinajstić information content (AvgIpc) is 2.09. The van der Waals surface area contributed by atoms with Crippen molar-refractivity contribution in [3.63, 3.8) is 0 Å². The standard InChI is InChI=1S/C7H4ClF5N2O/c8-2-1-3(5(9)10)15-6(14)4(2)16-7(11,12)13/h1,5H,(H2,14,15). The molecule has 2 N–H and O–H groups in total. The van der Waals surface area contributed by atoms with E-state index in [0.717, 1.165) is 0 Å². The van der Waals surface area contributed by atoms with Crippen molar-refractivity contribution in [3.05, 3.63) is 16.8 Å². The Balaban J connectivity index is 3.13. The number of pyridine rings is 1. The molecule has 0 amide bonds. The Morgan fingerprint density at radius 1 is 1.38 bits per heavy atom. The highest BCUT2D eigenvalue weighted by atomic mass is 35.5. The fraction of sp³-hybridized carbons (Fsp3) is 0.286. The van der Waals surface area contributed by atoms with Gasteiger partial charge in [-0.05, 0) is 6.07 Å². The van der Waals surface area contributed by atoms with Crippen LogP contribution in [0.2, 0.25) is 5.02 Å². The Labute approximate surface area is 91.0 Å². The third-order valence-electron chi connectivity index (χ3n) is 1.42. The number of hydrogen-bond donors (Lipinski definition) is 1. The second kappa shape index (κ2) is 4.28. The van der Waals surface area contributed by atoms with Crippen LogP contribution < -0.4 is 10.5 Å². The molecular formula is C7H4ClF5N2O. The quantitative estimate of drug-likeness (QED) is 0.833. The smallest absolute Gasteiger partial charge is 0.400 e. The van der Waals surface area contributed by atoms with Gasteiger partial charge in [0.25, 0.3) is 6.43 Å². The van der Waals surface area contributed by atoms with E-state index in [-0.39, 0.29) is 0 Å². The first kappa shape index (κ1) is 12.8. The van der Waals surface area contributed by atoms with E-state index in [0.29, 0.717) is 6.07 Å². The van der Waals surface area contributed by atoms with Crippen molar-refractivity contribution in [2.75, 3.05) is 5.73 Å². The van der Waals surface area contributed by atoms with Crippen molar-refractivity contribution in [2.24, 2.45) is 0 Å². The zero-order chi connectivity index (χ0) is 12.5. The van der Waals surface area contributed by atoms with Gasteiger partial charge in [0.1, 0.15) is 5.69 Å². The number of nitrogens with zero attached hydrogens (tertiary/aromatic N) is 1. The molecule has 9 heteroatoms. The van der Waals surface area contributed by atoms with Crippen molar-refractivity contribution < 1.29 is 26.7 Å². The van der Waals surface area contributed by atoms with Crippen LogP contribution in [0.15, 0.2) is 6.07 Å². The first-order valence-electron chi connectivity index (χ1n) is 3.70. The lowest BCUT2D eigenvalue weighted by Gasteiger charge is -2.12. The molecule has 0 aliphatic rings. The number of anilines is 1. The van der Waals surface area contributed by atoms with Crippen LogP contribution in [-0.4, -0.2) is 11.3 Å². The van der Waals surface area contributed by atoms with E-state index < -0.39 is 35.1 Å². The Kier molecular flexibility index (Phi) is 3.41. The minimum Gasteiger partial charge on any atom is -0.400 e. The summed E-state index contributed by atoms with van der Waals surface area (Å²) in [5, 5.41) is -0.680. The molecule has 0 aliphatic carbocycles. The molecular weight excluding hydrogens is 259 g/mol. The van der Waals surface area contributed by atoms with Gasteiger partial charge in [0.15, 0.2) is 11.6 Å². The monoisotopic (exact) mass is 262 g/mol. The summed E-state index contributed by atoms with van der Waals surface area (Å²) in [6.45, 7) is 0. The summed E-state index contributed by atoms with van der Waals surface area (Å²) in [4.78, 5) is 3.04. The molecule has 0 aromatic carbocycles. The summed E-state index contributed by atoms with van der Waals surface area (Å²) in [6, 6.07) is 0.559. The molecule has 0 aliphatic heterocycles. The summed E-state index contributed by atoms with van der Waals surface area (Å²) in [7, 11) is 0. The second-order valence-corrected chi connectivity index (χ2v) is 3.00. The Morgan fingerprint density at radius 2 is 1.94 bits per heavy atom. The Bertz CT molecular complexity index is 372. The molecule has 0 atom stereocenters. The molecule has 0 spiro atoms. The van der Waals surface area contributed by atoms with Gasteiger partial charge in [0.05, 0.1) is 5.02 Å². The van der Waals surface area contributed by atoms with Gasteiger partial charge in [-0.1, -0.05) is 11.6 Å². The van der Waals surface area contributed by atoms with Crippen LogP contribution in [0.4, 0.5) is 27.8 Å². The van der Waals surface area contributed by atoms with Crippen LogP contribution >= 0.6 is 11.6 Å².